The van der Waals surface area contributed by atoms with Crippen LogP contribution >= 0.6 is 11.6 Å². The summed E-state index contributed by atoms with van der Waals surface area (Å²) in [6.07, 6.45) is 1.53. The van der Waals surface area contributed by atoms with Gasteiger partial charge in [0.2, 0.25) is 5.78 Å². The SMILES string of the molecule is O=C(c1ccc(Oc2ccccc2)c(C(=O)O)c1)c1ccc(Nc2ccc(Cl)cc2)cn1. The number of pyridine rings is 1. The molecule has 3 aromatic carbocycles. The summed E-state index contributed by atoms with van der Waals surface area (Å²) in [5.41, 5.74) is 1.81. The van der Waals surface area contributed by atoms with Gasteiger partial charge in [0, 0.05) is 16.3 Å². The molecule has 4 aromatic rings. The van der Waals surface area contributed by atoms with Gasteiger partial charge in [-0.3, -0.25) is 9.78 Å². The molecule has 0 aliphatic rings. The lowest BCUT2D eigenvalue weighted by Crippen LogP contribution is -2.07. The molecule has 0 saturated carbocycles. The van der Waals surface area contributed by atoms with E-state index in [0.717, 1.165) is 5.69 Å². The summed E-state index contributed by atoms with van der Waals surface area (Å²) in [6, 6.07) is 23.6. The van der Waals surface area contributed by atoms with Crippen molar-refractivity contribution in [2.45, 2.75) is 0 Å². The van der Waals surface area contributed by atoms with Crippen LogP contribution < -0.4 is 10.1 Å². The van der Waals surface area contributed by atoms with E-state index in [-0.39, 0.29) is 22.6 Å². The lowest BCUT2D eigenvalue weighted by Gasteiger charge is -2.10. The van der Waals surface area contributed by atoms with E-state index in [4.69, 9.17) is 16.3 Å². The minimum absolute atomic E-state index is 0.110. The molecule has 158 valence electrons. The molecule has 0 atom stereocenters. The lowest BCUT2D eigenvalue weighted by atomic mass is 10.0. The molecule has 0 spiro atoms. The highest BCUT2D eigenvalue weighted by molar-refractivity contribution is 6.30. The number of carboxylic acids is 1. The van der Waals surface area contributed by atoms with E-state index in [0.29, 0.717) is 16.5 Å². The van der Waals surface area contributed by atoms with Gasteiger partial charge in [0.15, 0.2) is 0 Å². The van der Waals surface area contributed by atoms with Gasteiger partial charge in [-0.25, -0.2) is 4.79 Å². The van der Waals surface area contributed by atoms with E-state index < -0.39 is 11.8 Å². The van der Waals surface area contributed by atoms with Crippen LogP contribution in [-0.2, 0) is 0 Å². The third-order valence-corrected chi connectivity index (χ3v) is 4.82. The number of hydrogen-bond acceptors (Lipinski definition) is 5. The third-order valence-electron chi connectivity index (χ3n) is 4.57. The zero-order valence-corrected chi connectivity index (χ0v) is 17.4. The first-order valence-electron chi connectivity index (χ1n) is 9.63. The molecule has 0 saturated heterocycles. The number of benzene rings is 3. The first-order valence-corrected chi connectivity index (χ1v) is 10.0. The summed E-state index contributed by atoms with van der Waals surface area (Å²) in [4.78, 5) is 28.8. The van der Waals surface area contributed by atoms with Crippen LogP contribution in [0.15, 0.2) is 91.1 Å². The average molecular weight is 445 g/mol. The summed E-state index contributed by atoms with van der Waals surface area (Å²) >= 11 is 5.89. The van der Waals surface area contributed by atoms with Crippen LogP contribution in [0.2, 0.25) is 5.02 Å². The Morgan fingerprint density at radius 2 is 1.59 bits per heavy atom. The molecule has 7 heteroatoms. The monoisotopic (exact) mass is 444 g/mol. The molecule has 2 N–H and O–H groups in total. The first kappa shape index (κ1) is 21.1. The molecule has 6 nitrogen and oxygen atoms in total. The van der Waals surface area contributed by atoms with Gasteiger partial charge in [0.25, 0.3) is 0 Å². The van der Waals surface area contributed by atoms with Gasteiger partial charge in [-0.1, -0.05) is 29.8 Å². The topological polar surface area (TPSA) is 88.5 Å². The highest BCUT2D eigenvalue weighted by Gasteiger charge is 2.18. The van der Waals surface area contributed by atoms with Crippen molar-refractivity contribution in [2.75, 3.05) is 5.32 Å². The predicted molar refractivity (Wildman–Crippen MR) is 122 cm³/mol. The number of ketones is 1. The molecular formula is C25H17ClN2O4. The maximum Gasteiger partial charge on any atom is 0.339 e. The number of halogens is 1. The second-order valence-electron chi connectivity index (χ2n) is 6.82. The Kier molecular flexibility index (Phi) is 6.14. The van der Waals surface area contributed by atoms with Crippen LogP contribution in [0, 0.1) is 0 Å². The normalized spacial score (nSPS) is 10.4. The molecule has 0 fully saturated rings. The zero-order valence-electron chi connectivity index (χ0n) is 16.7. The smallest absolute Gasteiger partial charge is 0.339 e. The summed E-state index contributed by atoms with van der Waals surface area (Å²) in [5.74, 6) is -0.937. The average Bonchev–Trinajstić information content (AvgIpc) is 2.81. The number of ether oxygens (including phenoxy) is 1. The standard InChI is InChI=1S/C25H17ClN2O4/c26-17-7-9-18(10-8-17)28-19-11-12-22(27-15-19)24(29)16-6-13-23(21(14-16)25(30)31)32-20-4-2-1-3-5-20/h1-15,28H,(H,30,31). The Morgan fingerprint density at radius 1 is 0.875 bits per heavy atom. The number of carboxylic acid groups (broad SMARTS) is 1. The summed E-state index contributed by atoms with van der Waals surface area (Å²) in [7, 11) is 0. The molecule has 0 aliphatic carbocycles. The highest BCUT2D eigenvalue weighted by atomic mass is 35.5. The van der Waals surface area contributed by atoms with E-state index in [1.54, 1.807) is 48.5 Å². The number of aromatic carboxylic acids is 1. The van der Waals surface area contributed by atoms with Crippen LogP contribution in [-0.4, -0.2) is 21.8 Å². The van der Waals surface area contributed by atoms with Crippen LogP contribution in [0.5, 0.6) is 11.5 Å². The Balaban J connectivity index is 1.54. The van der Waals surface area contributed by atoms with Crippen molar-refractivity contribution in [2.24, 2.45) is 0 Å². The molecule has 1 heterocycles. The Morgan fingerprint density at radius 3 is 2.25 bits per heavy atom. The van der Waals surface area contributed by atoms with E-state index in [9.17, 15) is 14.7 Å². The van der Waals surface area contributed by atoms with Crippen LogP contribution in [0.3, 0.4) is 0 Å². The Labute approximate surface area is 189 Å². The van der Waals surface area contributed by atoms with Crippen molar-refractivity contribution in [3.05, 3.63) is 113 Å². The number of carbonyl (C=O) groups excluding carboxylic acids is 1. The van der Waals surface area contributed by atoms with E-state index in [1.165, 1.54) is 24.4 Å². The number of aromatic nitrogens is 1. The molecule has 32 heavy (non-hydrogen) atoms. The van der Waals surface area contributed by atoms with Crippen molar-refractivity contribution in [1.82, 2.24) is 4.98 Å². The maximum absolute atomic E-state index is 12.9. The molecule has 0 bridgehead atoms. The second-order valence-corrected chi connectivity index (χ2v) is 7.26. The van der Waals surface area contributed by atoms with Crippen LogP contribution in [0.25, 0.3) is 0 Å². The molecular weight excluding hydrogens is 428 g/mol. The summed E-state index contributed by atoms with van der Waals surface area (Å²) in [6.45, 7) is 0. The van der Waals surface area contributed by atoms with Gasteiger partial charge < -0.3 is 15.2 Å². The fourth-order valence-corrected chi connectivity index (χ4v) is 3.12. The third kappa shape index (κ3) is 4.94. The first-order chi connectivity index (χ1) is 15.5. The van der Waals surface area contributed by atoms with Crippen molar-refractivity contribution in [3.8, 4) is 11.5 Å². The minimum Gasteiger partial charge on any atom is -0.478 e. The maximum atomic E-state index is 12.9. The Bertz CT molecular complexity index is 1260. The fraction of sp³-hybridized carbons (Fsp3) is 0. The summed E-state index contributed by atoms with van der Waals surface area (Å²) < 4.78 is 5.67. The fourth-order valence-electron chi connectivity index (χ4n) is 2.99. The van der Waals surface area contributed by atoms with E-state index in [1.807, 2.05) is 18.2 Å². The number of para-hydroxylation sites is 1. The number of carbonyl (C=O) groups is 2. The van der Waals surface area contributed by atoms with Crippen LogP contribution in [0.4, 0.5) is 11.4 Å². The van der Waals surface area contributed by atoms with Gasteiger partial charge in [-0.2, -0.15) is 0 Å². The zero-order chi connectivity index (χ0) is 22.5. The Hall–Kier alpha value is -4.16. The molecule has 4 rings (SSSR count). The van der Waals surface area contributed by atoms with Crippen molar-refractivity contribution in [3.63, 3.8) is 0 Å². The molecule has 0 amide bonds. The quantitative estimate of drug-likeness (QED) is 0.330. The van der Waals surface area contributed by atoms with Gasteiger partial charge in [0.1, 0.15) is 22.8 Å². The van der Waals surface area contributed by atoms with Gasteiger partial charge in [-0.15, -0.1) is 0 Å². The van der Waals surface area contributed by atoms with Gasteiger partial charge in [0.05, 0.1) is 11.9 Å². The number of hydrogen-bond donors (Lipinski definition) is 2. The minimum atomic E-state index is -1.19. The largest absolute Gasteiger partial charge is 0.478 e. The predicted octanol–water partition coefficient (Wildman–Crippen LogP) is 6.20. The summed E-state index contributed by atoms with van der Waals surface area (Å²) in [5, 5.41) is 13.4. The lowest BCUT2D eigenvalue weighted by molar-refractivity contribution is 0.0694. The number of anilines is 2. The molecule has 0 unspecified atom stereocenters. The number of nitrogens with one attached hydrogen (secondary N) is 1. The van der Waals surface area contributed by atoms with Crippen molar-refractivity contribution >= 4 is 34.7 Å². The highest BCUT2D eigenvalue weighted by Crippen LogP contribution is 2.27. The number of rotatable bonds is 7. The van der Waals surface area contributed by atoms with Crippen molar-refractivity contribution in [1.29, 1.82) is 0 Å². The van der Waals surface area contributed by atoms with Gasteiger partial charge in [-0.05, 0) is 66.7 Å². The van der Waals surface area contributed by atoms with E-state index in [2.05, 4.69) is 10.3 Å². The molecule has 0 radical (unpaired) electrons. The van der Waals surface area contributed by atoms with Crippen LogP contribution in [0.1, 0.15) is 26.4 Å². The van der Waals surface area contributed by atoms with Gasteiger partial charge >= 0.3 is 5.97 Å². The second kappa shape index (κ2) is 9.32. The molecule has 1 aromatic heterocycles. The molecule has 0 aliphatic heterocycles. The number of nitrogens with zero attached hydrogens (tertiary/aromatic N) is 1. The van der Waals surface area contributed by atoms with E-state index >= 15 is 0 Å². The van der Waals surface area contributed by atoms with Crippen molar-refractivity contribution < 1.29 is 19.4 Å².